The predicted octanol–water partition coefficient (Wildman–Crippen LogP) is 5.08. The minimum absolute atomic E-state index is 0.208. The Kier molecular flexibility index (Phi) is 7.50. The van der Waals surface area contributed by atoms with Gasteiger partial charge in [0.05, 0.1) is 24.2 Å². The molecule has 0 saturated heterocycles. The van der Waals surface area contributed by atoms with Crippen molar-refractivity contribution in [3.05, 3.63) is 42.0 Å². The van der Waals surface area contributed by atoms with Crippen LogP contribution >= 0.6 is 0 Å². The summed E-state index contributed by atoms with van der Waals surface area (Å²) in [6.07, 6.45) is 0. The van der Waals surface area contributed by atoms with Crippen molar-refractivity contribution in [3.63, 3.8) is 0 Å². The second-order valence-electron chi connectivity index (χ2n) is 6.89. The topological polar surface area (TPSA) is 73.4 Å². The molecule has 30 heavy (non-hydrogen) atoms. The van der Waals surface area contributed by atoms with Crippen LogP contribution in [0, 0.1) is 0 Å². The molecular weight excluding hydrogens is 398 g/mol. The van der Waals surface area contributed by atoms with E-state index in [1.54, 1.807) is 0 Å². The standard InChI is InChI=1S/C23H31N3O3S/c1-6-26(7-2)20-13-11-10-12-17(20)16(5)30(27)23-24-18-14-21(28-8-3)22(29-9-4)15-19(18)25-23/h10-16H,6-9H2,1-5H3,(H,24,25). The summed E-state index contributed by atoms with van der Waals surface area (Å²) >= 11 is -1.34. The highest BCUT2D eigenvalue weighted by Gasteiger charge is 2.29. The van der Waals surface area contributed by atoms with Crippen molar-refractivity contribution in [3.8, 4) is 11.5 Å². The Balaban J connectivity index is 1.96. The molecule has 0 bridgehead atoms. The van der Waals surface area contributed by atoms with E-state index in [1.807, 2.05) is 45.0 Å². The van der Waals surface area contributed by atoms with E-state index in [2.05, 4.69) is 40.8 Å². The maximum Gasteiger partial charge on any atom is 0.322 e. The molecule has 2 unspecified atom stereocenters. The lowest BCUT2D eigenvalue weighted by Gasteiger charge is -2.26. The van der Waals surface area contributed by atoms with Gasteiger partial charge in [-0.05, 0) is 40.7 Å². The second kappa shape index (κ2) is 10.1. The van der Waals surface area contributed by atoms with E-state index >= 15 is 0 Å². The molecule has 1 N–H and O–H groups in total. The molecule has 0 spiro atoms. The van der Waals surface area contributed by atoms with Crippen LogP contribution in [0.2, 0.25) is 0 Å². The number of aromatic nitrogens is 2. The number of anilines is 1. The van der Waals surface area contributed by atoms with Crippen molar-refractivity contribution in [1.29, 1.82) is 0 Å². The van der Waals surface area contributed by atoms with Gasteiger partial charge in [-0.2, -0.15) is 4.98 Å². The molecule has 0 aliphatic heterocycles. The van der Waals surface area contributed by atoms with Gasteiger partial charge in [-0.15, -0.1) is 0 Å². The highest BCUT2D eigenvalue weighted by molar-refractivity contribution is 7.91. The van der Waals surface area contributed by atoms with E-state index in [4.69, 9.17) is 9.47 Å². The maximum atomic E-state index is 13.4. The van der Waals surface area contributed by atoms with Crippen molar-refractivity contribution in [2.24, 2.45) is 0 Å². The van der Waals surface area contributed by atoms with E-state index in [0.717, 1.165) is 35.4 Å². The summed E-state index contributed by atoms with van der Waals surface area (Å²) in [7, 11) is 0. The zero-order valence-corrected chi connectivity index (χ0v) is 19.2. The molecule has 162 valence electrons. The molecule has 0 amide bonds. The fourth-order valence-electron chi connectivity index (χ4n) is 3.59. The molecule has 7 heteroatoms. The van der Waals surface area contributed by atoms with E-state index in [-0.39, 0.29) is 5.25 Å². The summed E-state index contributed by atoms with van der Waals surface area (Å²) in [4.78, 5) is 10.1. The Hall–Kier alpha value is -2.38. The minimum atomic E-state index is -1.34. The van der Waals surface area contributed by atoms with Crippen LogP contribution in [0.3, 0.4) is 0 Å². The zero-order valence-electron chi connectivity index (χ0n) is 18.4. The van der Waals surface area contributed by atoms with Crippen LogP contribution in [-0.2, 0) is 11.2 Å². The predicted molar refractivity (Wildman–Crippen MR) is 123 cm³/mol. The molecule has 0 aliphatic carbocycles. The summed E-state index contributed by atoms with van der Waals surface area (Å²) in [5.41, 5.74) is 3.69. The number of hydrogen-bond acceptors (Lipinski definition) is 5. The normalized spacial score (nSPS) is 13.3. The summed E-state index contributed by atoms with van der Waals surface area (Å²) < 4.78 is 24.8. The van der Waals surface area contributed by atoms with Gasteiger partial charge in [0.15, 0.2) is 11.5 Å². The van der Waals surface area contributed by atoms with Gasteiger partial charge in [0.2, 0.25) is 0 Å². The average molecular weight is 430 g/mol. The molecule has 0 fully saturated rings. The highest BCUT2D eigenvalue weighted by Crippen LogP contribution is 2.36. The van der Waals surface area contributed by atoms with Crippen LogP contribution in [0.1, 0.15) is 45.4 Å². The Labute approximate surface area is 181 Å². The SMILES string of the molecule is CCOc1cc2nc([S+]([O-])C(C)c3ccccc3N(CC)CC)[nH]c2cc1OCC. The Morgan fingerprint density at radius 1 is 1.03 bits per heavy atom. The van der Waals surface area contributed by atoms with Gasteiger partial charge >= 0.3 is 5.16 Å². The molecule has 2 atom stereocenters. The number of nitrogens with zero attached hydrogens (tertiary/aromatic N) is 2. The van der Waals surface area contributed by atoms with E-state index in [0.29, 0.717) is 29.9 Å². The first-order chi connectivity index (χ1) is 14.5. The first kappa shape index (κ1) is 22.3. The molecule has 3 rings (SSSR count). The third-order valence-electron chi connectivity index (χ3n) is 5.12. The van der Waals surface area contributed by atoms with Crippen molar-refractivity contribution < 1.29 is 14.0 Å². The molecule has 1 heterocycles. The van der Waals surface area contributed by atoms with Gasteiger partial charge in [-0.25, -0.2) is 0 Å². The van der Waals surface area contributed by atoms with E-state index in [9.17, 15) is 4.55 Å². The van der Waals surface area contributed by atoms with E-state index in [1.165, 1.54) is 0 Å². The summed E-state index contributed by atoms with van der Waals surface area (Å²) in [5.74, 6) is 1.31. The molecule has 0 radical (unpaired) electrons. The first-order valence-corrected chi connectivity index (χ1v) is 11.8. The summed E-state index contributed by atoms with van der Waals surface area (Å²) in [5, 5.41) is 0.253. The van der Waals surface area contributed by atoms with Crippen LogP contribution < -0.4 is 14.4 Å². The lowest BCUT2D eigenvalue weighted by molar-refractivity contribution is 0.288. The van der Waals surface area contributed by atoms with Crippen molar-refractivity contribution >= 4 is 27.9 Å². The minimum Gasteiger partial charge on any atom is -0.609 e. The van der Waals surface area contributed by atoms with E-state index < -0.39 is 11.2 Å². The Morgan fingerprint density at radius 3 is 2.30 bits per heavy atom. The van der Waals surface area contributed by atoms with Crippen molar-refractivity contribution in [2.45, 2.75) is 45.0 Å². The number of benzene rings is 2. The number of para-hydroxylation sites is 1. The quantitative estimate of drug-likeness (QED) is 0.455. The zero-order chi connectivity index (χ0) is 21.7. The van der Waals surface area contributed by atoms with Gasteiger partial charge in [-0.1, -0.05) is 18.2 Å². The smallest absolute Gasteiger partial charge is 0.322 e. The number of ether oxygens (including phenoxy) is 2. The van der Waals surface area contributed by atoms with Crippen molar-refractivity contribution in [2.75, 3.05) is 31.2 Å². The maximum absolute atomic E-state index is 13.4. The van der Waals surface area contributed by atoms with Gasteiger partial charge in [0, 0.05) is 47.6 Å². The molecule has 1 aromatic heterocycles. The molecular formula is C23H31N3O3S. The summed E-state index contributed by atoms with van der Waals surface area (Å²) in [6, 6.07) is 11.9. The lowest BCUT2D eigenvalue weighted by Crippen LogP contribution is -2.24. The van der Waals surface area contributed by atoms with Crippen molar-refractivity contribution in [1.82, 2.24) is 9.97 Å². The average Bonchev–Trinajstić information content (AvgIpc) is 3.17. The molecule has 0 aliphatic rings. The van der Waals surface area contributed by atoms with Gasteiger partial charge in [0.1, 0.15) is 5.25 Å². The largest absolute Gasteiger partial charge is 0.609 e. The van der Waals surface area contributed by atoms with Crippen LogP contribution in [0.4, 0.5) is 5.69 Å². The van der Waals surface area contributed by atoms with Gasteiger partial charge in [-0.3, -0.25) is 4.98 Å². The third-order valence-corrected chi connectivity index (χ3v) is 6.59. The van der Waals surface area contributed by atoms with Gasteiger partial charge < -0.3 is 18.9 Å². The fourth-order valence-corrected chi connectivity index (χ4v) is 4.76. The Morgan fingerprint density at radius 2 is 1.67 bits per heavy atom. The van der Waals surface area contributed by atoms with Gasteiger partial charge in [0.25, 0.3) is 0 Å². The number of H-pyrrole nitrogens is 1. The number of rotatable bonds is 10. The first-order valence-electron chi connectivity index (χ1n) is 10.6. The number of imidazole rings is 1. The number of nitrogens with one attached hydrogen (secondary N) is 1. The third kappa shape index (κ3) is 4.52. The van der Waals surface area contributed by atoms with Crippen LogP contribution in [-0.4, -0.2) is 40.8 Å². The fraction of sp³-hybridized carbons (Fsp3) is 0.435. The van der Waals surface area contributed by atoms with Crippen LogP contribution in [0.15, 0.2) is 41.6 Å². The van der Waals surface area contributed by atoms with Crippen LogP contribution in [0.5, 0.6) is 11.5 Å². The molecule has 2 aromatic carbocycles. The number of hydrogen-bond donors (Lipinski definition) is 1. The monoisotopic (exact) mass is 429 g/mol. The Bertz CT molecular complexity index is 928. The highest BCUT2D eigenvalue weighted by atomic mass is 32.2. The molecule has 3 aromatic rings. The molecule has 0 saturated carbocycles. The summed E-state index contributed by atoms with van der Waals surface area (Å²) in [6.45, 7) is 13.0. The molecule has 6 nitrogen and oxygen atoms in total. The number of aromatic amines is 1. The lowest BCUT2D eigenvalue weighted by atomic mass is 10.1. The second-order valence-corrected chi connectivity index (χ2v) is 8.58. The van der Waals surface area contributed by atoms with Crippen LogP contribution in [0.25, 0.3) is 11.0 Å². The number of fused-ring (bicyclic) bond motifs is 1.